The molecule has 3 heteroatoms. The Kier molecular flexibility index (Phi) is 4.33. The summed E-state index contributed by atoms with van der Waals surface area (Å²) in [5.74, 6) is 0.672. The minimum atomic E-state index is -0.137. The standard InChI is InChI=1S/C10H15NO2.C2H6/c1-2-3-4-11-9(12)10-5-8(10)6-13-7-10;1-2/h2-3,8H,4-7H2,1H3,(H,11,12);1-2H3/b3-2+;. The van der Waals surface area contributed by atoms with Crippen LogP contribution in [0.2, 0.25) is 0 Å². The Hall–Kier alpha value is -0.830. The Balaban J connectivity index is 0.000000531. The molecule has 1 aliphatic heterocycles. The van der Waals surface area contributed by atoms with E-state index < -0.39 is 0 Å². The van der Waals surface area contributed by atoms with Gasteiger partial charge in [0.1, 0.15) is 0 Å². The Bertz CT molecular complexity index is 250. The molecule has 2 aliphatic rings. The lowest BCUT2D eigenvalue weighted by Gasteiger charge is -2.09. The van der Waals surface area contributed by atoms with E-state index >= 15 is 0 Å². The fourth-order valence-corrected chi connectivity index (χ4v) is 1.95. The van der Waals surface area contributed by atoms with Crippen LogP contribution in [0.3, 0.4) is 0 Å². The summed E-state index contributed by atoms with van der Waals surface area (Å²) in [6.45, 7) is 7.99. The fourth-order valence-electron chi connectivity index (χ4n) is 1.95. The number of nitrogens with one attached hydrogen (secondary N) is 1. The molecule has 0 bridgehead atoms. The molecule has 2 rings (SSSR count). The monoisotopic (exact) mass is 211 g/mol. The van der Waals surface area contributed by atoms with Crippen LogP contribution in [-0.4, -0.2) is 25.7 Å². The number of rotatable bonds is 3. The first kappa shape index (κ1) is 12.2. The highest BCUT2D eigenvalue weighted by atomic mass is 16.5. The molecule has 2 unspecified atom stereocenters. The van der Waals surface area contributed by atoms with E-state index in [1.165, 1.54) is 0 Å². The molecule has 0 aromatic rings. The van der Waals surface area contributed by atoms with Gasteiger partial charge in [-0.1, -0.05) is 26.0 Å². The van der Waals surface area contributed by atoms with E-state index in [4.69, 9.17) is 4.74 Å². The normalized spacial score (nSPS) is 31.8. The maximum atomic E-state index is 11.7. The summed E-state index contributed by atoms with van der Waals surface area (Å²) in [7, 11) is 0. The number of carbonyl (C=O) groups is 1. The van der Waals surface area contributed by atoms with Gasteiger partial charge in [0.2, 0.25) is 5.91 Å². The van der Waals surface area contributed by atoms with Crippen LogP contribution >= 0.6 is 0 Å². The molecule has 1 heterocycles. The first-order valence-electron chi connectivity index (χ1n) is 5.77. The van der Waals surface area contributed by atoms with Crippen molar-refractivity contribution in [3.8, 4) is 0 Å². The van der Waals surface area contributed by atoms with Crippen molar-refractivity contribution in [1.82, 2.24) is 5.32 Å². The third kappa shape index (κ3) is 2.40. The second-order valence-corrected chi connectivity index (χ2v) is 3.85. The van der Waals surface area contributed by atoms with Crippen molar-refractivity contribution in [1.29, 1.82) is 0 Å². The van der Waals surface area contributed by atoms with Gasteiger partial charge in [-0.25, -0.2) is 0 Å². The maximum Gasteiger partial charge on any atom is 0.229 e. The van der Waals surface area contributed by atoms with Gasteiger partial charge < -0.3 is 10.1 Å². The van der Waals surface area contributed by atoms with Crippen molar-refractivity contribution in [2.24, 2.45) is 11.3 Å². The second kappa shape index (κ2) is 5.31. The summed E-state index contributed by atoms with van der Waals surface area (Å²) in [5.41, 5.74) is -0.137. The van der Waals surface area contributed by atoms with Gasteiger partial charge >= 0.3 is 0 Å². The average molecular weight is 211 g/mol. The number of amides is 1. The number of ether oxygens (including phenoxy) is 1. The van der Waals surface area contributed by atoms with Gasteiger partial charge in [-0.2, -0.15) is 0 Å². The second-order valence-electron chi connectivity index (χ2n) is 3.85. The van der Waals surface area contributed by atoms with E-state index in [1.54, 1.807) is 0 Å². The van der Waals surface area contributed by atoms with Crippen molar-refractivity contribution >= 4 is 5.91 Å². The molecule has 1 N–H and O–H groups in total. The summed E-state index contributed by atoms with van der Waals surface area (Å²) >= 11 is 0. The summed E-state index contributed by atoms with van der Waals surface area (Å²) in [6, 6.07) is 0. The SMILES string of the molecule is C/C=C/CNC(=O)C12COCC1C2.CC. The maximum absolute atomic E-state index is 11.7. The molecule has 1 saturated carbocycles. The van der Waals surface area contributed by atoms with E-state index in [0.29, 0.717) is 19.1 Å². The van der Waals surface area contributed by atoms with E-state index in [0.717, 1.165) is 13.0 Å². The van der Waals surface area contributed by atoms with Gasteiger partial charge in [0.25, 0.3) is 0 Å². The van der Waals surface area contributed by atoms with Crippen molar-refractivity contribution in [3.05, 3.63) is 12.2 Å². The quantitative estimate of drug-likeness (QED) is 0.722. The van der Waals surface area contributed by atoms with E-state index in [1.807, 2.05) is 32.9 Å². The Morgan fingerprint density at radius 3 is 2.80 bits per heavy atom. The van der Waals surface area contributed by atoms with Crippen LogP contribution in [0, 0.1) is 11.3 Å². The van der Waals surface area contributed by atoms with Gasteiger partial charge in [-0.05, 0) is 13.3 Å². The molecule has 86 valence electrons. The minimum Gasteiger partial charge on any atom is -0.380 e. The molecule has 0 aromatic carbocycles. The van der Waals surface area contributed by atoms with Crippen molar-refractivity contribution in [3.63, 3.8) is 0 Å². The van der Waals surface area contributed by atoms with Gasteiger partial charge in [0, 0.05) is 12.5 Å². The molecule has 3 nitrogen and oxygen atoms in total. The highest BCUT2D eigenvalue weighted by Gasteiger charge is 2.63. The molecule has 0 radical (unpaired) electrons. The van der Waals surface area contributed by atoms with E-state index in [2.05, 4.69) is 5.32 Å². The first-order chi connectivity index (χ1) is 7.29. The van der Waals surface area contributed by atoms with Crippen LogP contribution in [0.15, 0.2) is 12.2 Å². The van der Waals surface area contributed by atoms with Crippen LogP contribution < -0.4 is 5.32 Å². The largest absolute Gasteiger partial charge is 0.380 e. The van der Waals surface area contributed by atoms with Crippen LogP contribution in [0.4, 0.5) is 0 Å². The van der Waals surface area contributed by atoms with E-state index in [-0.39, 0.29) is 11.3 Å². The van der Waals surface area contributed by atoms with Crippen molar-refractivity contribution in [2.75, 3.05) is 19.8 Å². The molecule has 2 atom stereocenters. The molecular weight excluding hydrogens is 190 g/mol. The first-order valence-corrected chi connectivity index (χ1v) is 5.77. The molecule has 0 spiro atoms. The molecule has 1 amide bonds. The van der Waals surface area contributed by atoms with Crippen LogP contribution in [0.1, 0.15) is 27.2 Å². The average Bonchev–Trinajstić information content (AvgIpc) is 2.85. The van der Waals surface area contributed by atoms with E-state index in [9.17, 15) is 4.79 Å². The highest BCUT2D eigenvalue weighted by molar-refractivity contribution is 5.86. The fraction of sp³-hybridized carbons (Fsp3) is 0.750. The van der Waals surface area contributed by atoms with Crippen molar-refractivity contribution in [2.45, 2.75) is 27.2 Å². The number of carbonyl (C=O) groups excluding carboxylic acids is 1. The lowest BCUT2D eigenvalue weighted by atomic mass is 10.1. The summed E-state index contributed by atoms with van der Waals surface area (Å²) in [4.78, 5) is 11.7. The predicted molar refractivity (Wildman–Crippen MR) is 60.5 cm³/mol. The highest BCUT2D eigenvalue weighted by Crippen LogP contribution is 2.56. The van der Waals surface area contributed by atoms with Crippen LogP contribution in [0.25, 0.3) is 0 Å². The third-order valence-corrected chi connectivity index (χ3v) is 2.98. The number of allylic oxidation sites excluding steroid dienone is 1. The van der Waals surface area contributed by atoms with Gasteiger partial charge in [-0.3, -0.25) is 4.79 Å². The molecule has 15 heavy (non-hydrogen) atoms. The topological polar surface area (TPSA) is 38.3 Å². The zero-order valence-electron chi connectivity index (χ0n) is 9.88. The zero-order valence-corrected chi connectivity index (χ0v) is 9.88. The van der Waals surface area contributed by atoms with Gasteiger partial charge in [0.15, 0.2) is 0 Å². The summed E-state index contributed by atoms with van der Waals surface area (Å²) in [5, 5.41) is 2.90. The summed E-state index contributed by atoms with van der Waals surface area (Å²) in [6.07, 6.45) is 4.91. The molecular formula is C12H21NO2. The zero-order chi connectivity index (χ0) is 11.3. The predicted octanol–water partition coefficient (Wildman–Crippen LogP) is 1.74. The third-order valence-electron chi connectivity index (χ3n) is 2.98. The molecule has 1 saturated heterocycles. The minimum absolute atomic E-state index is 0.137. The Morgan fingerprint density at radius 2 is 2.33 bits per heavy atom. The van der Waals surface area contributed by atoms with Crippen LogP contribution in [0.5, 0.6) is 0 Å². The number of hydrogen-bond acceptors (Lipinski definition) is 2. The Labute approximate surface area is 91.9 Å². The number of hydrogen-bond donors (Lipinski definition) is 1. The number of fused-ring (bicyclic) bond motifs is 1. The lowest BCUT2D eigenvalue weighted by Crippen LogP contribution is -2.34. The van der Waals surface area contributed by atoms with Crippen LogP contribution in [-0.2, 0) is 9.53 Å². The smallest absolute Gasteiger partial charge is 0.229 e. The molecule has 0 aromatic heterocycles. The van der Waals surface area contributed by atoms with Gasteiger partial charge in [0.05, 0.1) is 18.6 Å². The van der Waals surface area contributed by atoms with Gasteiger partial charge in [-0.15, -0.1) is 0 Å². The Morgan fingerprint density at radius 1 is 1.60 bits per heavy atom. The summed E-state index contributed by atoms with van der Waals surface area (Å²) < 4.78 is 5.26. The molecule has 2 fully saturated rings. The van der Waals surface area contributed by atoms with Crippen molar-refractivity contribution < 1.29 is 9.53 Å². The lowest BCUT2D eigenvalue weighted by molar-refractivity contribution is -0.126. The molecule has 1 aliphatic carbocycles.